The quantitative estimate of drug-likeness (QED) is 0.470. The second kappa shape index (κ2) is 13.0. The highest BCUT2D eigenvalue weighted by molar-refractivity contribution is 5.87. The van der Waals surface area contributed by atoms with E-state index in [1.54, 1.807) is 25.7 Å². The van der Waals surface area contributed by atoms with Crippen molar-refractivity contribution in [2.45, 2.75) is 64.6 Å². The molecule has 0 aromatic heterocycles. The molecule has 1 N–H and O–H groups in total. The normalized spacial score (nSPS) is 14.6. The highest BCUT2D eigenvalue weighted by Crippen LogP contribution is 2.26. The van der Waals surface area contributed by atoms with E-state index in [1.807, 2.05) is 42.5 Å². The molecule has 0 bridgehead atoms. The van der Waals surface area contributed by atoms with Crippen molar-refractivity contribution in [2.24, 2.45) is 0 Å². The van der Waals surface area contributed by atoms with Crippen molar-refractivity contribution in [1.82, 2.24) is 10.2 Å². The van der Waals surface area contributed by atoms with E-state index < -0.39 is 18.1 Å². The molecule has 0 aliphatic heterocycles. The predicted molar refractivity (Wildman–Crippen MR) is 134 cm³/mol. The summed E-state index contributed by atoms with van der Waals surface area (Å²) in [6, 6.07) is 16.5. The number of carbonyl (C=O) groups excluding carboxylic acids is 3. The molecule has 7 heteroatoms. The van der Waals surface area contributed by atoms with Crippen LogP contribution in [0.4, 0.5) is 0 Å². The van der Waals surface area contributed by atoms with E-state index in [0.717, 1.165) is 5.56 Å². The van der Waals surface area contributed by atoms with Crippen LogP contribution in [0.1, 0.15) is 43.9 Å². The van der Waals surface area contributed by atoms with Gasteiger partial charge in [0.1, 0.15) is 12.6 Å². The van der Waals surface area contributed by atoms with Crippen LogP contribution in [0, 0.1) is 0 Å². The summed E-state index contributed by atoms with van der Waals surface area (Å²) in [6.07, 6.45) is 2.53. The predicted octanol–water partition coefficient (Wildman–Crippen LogP) is 3.09. The number of esters is 2. The molecule has 1 aliphatic carbocycles. The second-order valence-electron chi connectivity index (χ2n) is 8.82. The molecule has 0 heterocycles. The van der Waals surface area contributed by atoms with Gasteiger partial charge in [-0.1, -0.05) is 54.6 Å². The van der Waals surface area contributed by atoms with Crippen LogP contribution in [0.2, 0.25) is 0 Å². The molecule has 2 aromatic carbocycles. The molecule has 2 atom stereocenters. The number of hydrogen-bond donors (Lipinski definition) is 1. The van der Waals surface area contributed by atoms with Crippen molar-refractivity contribution in [1.29, 1.82) is 0 Å². The number of amides is 1. The van der Waals surface area contributed by atoms with E-state index in [-0.39, 0.29) is 37.7 Å². The maximum absolute atomic E-state index is 13.6. The smallest absolute Gasteiger partial charge is 0.325 e. The first kappa shape index (κ1) is 26.4. The van der Waals surface area contributed by atoms with E-state index in [1.165, 1.54) is 11.1 Å². The summed E-state index contributed by atoms with van der Waals surface area (Å²) in [7, 11) is 0. The summed E-state index contributed by atoms with van der Waals surface area (Å²) in [6.45, 7) is 5.64. The summed E-state index contributed by atoms with van der Waals surface area (Å²) in [5.74, 6) is -1.05. The molecule has 1 aliphatic rings. The maximum atomic E-state index is 13.6. The van der Waals surface area contributed by atoms with Gasteiger partial charge in [-0.15, -0.1) is 0 Å². The van der Waals surface area contributed by atoms with Gasteiger partial charge >= 0.3 is 11.9 Å². The molecular formula is C28H36N2O5. The van der Waals surface area contributed by atoms with E-state index in [9.17, 15) is 14.4 Å². The number of carbonyl (C=O) groups is 3. The lowest BCUT2D eigenvalue weighted by Crippen LogP contribution is -2.55. The number of nitrogens with one attached hydrogen (secondary N) is 1. The minimum atomic E-state index is -0.682. The zero-order valence-corrected chi connectivity index (χ0v) is 20.9. The lowest BCUT2D eigenvalue weighted by Gasteiger charge is -2.32. The topological polar surface area (TPSA) is 84.9 Å². The summed E-state index contributed by atoms with van der Waals surface area (Å²) in [5.41, 5.74) is 3.48. The molecule has 0 fully saturated rings. The van der Waals surface area contributed by atoms with Gasteiger partial charge in [-0.3, -0.25) is 19.7 Å². The molecule has 2 aromatic rings. The number of hydrogen-bond acceptors (Lipinski definition) is 6. The van der Waals surface area contributed by atoms with Crippen molar-refractivity contribution in [3.8, 4) is 0 Å². The fourth-order valence-electron chi connectivity index (χ4n) is 4.58. The first-order chi connectivity index (χ1) is 16.9. The van der Waals surface area contributed by atoms with Crippen molar-refractivity contribution >= 4 is 17.8 Å². The Labute approximate surface area is 207 Å². The van der Waals surface area contributed by atoms with Crippen LogP contribution in [-0.2, 0) is 43.1 Å². The SMILES string of the molecule is CCOC(=O)CN(C(=O)[C@H](C)N[C@@H](CCc1ccccc1)C(=O)OCC)C1Cc2ccccc2C1. The molecule has 0 spiro atoms. The Hall–Kier alpha value is -3.19. The number of fused-ring (bicyclic) bond motifs is 1. The van der Waals surface area contributed by atoms with E-state index >= 15 is 0 Å². The minimum Gasteiger partial charge on any atom is -0.465 e. The Morgan fingerprint density at radius 2 is 1.54 bits per heavy atom. The Morgan fingerprint density at radius 3 is 2.14 bits per heavy atom. The first-order valence-electron chi connectivity index (χ1n) is 12.4. The van der Waals surface area contributed by atoms with Crippen LogP contribution in [0.5, 0.6) is 0 Å². The molecule has 0 saturated heterocycles. The third-order valence-corrected chi connectivity index (χ3v) is 6.32. The molecule has 3 rings (SSSR count). The zero-order valence-electron chi connectivity index (χ0n) is 20.9. The van der Waals surface area contributed by atoms with E-state index in [0.29, 0.717) is 25.7 Å². The van der Waals surface area contributed by atoms with Gasteiger partial charge in [0.05, 0.1) is 19.3 Å². The largest absolute Gasteiger partial charge is 0.465 e. The van der Waals surface area contributed by atoms with Gasteiger partial charge in [-0.25, -0.2) is 0 Å². The van der Waals surface area contributed by atoms with Crippen LogP contribution in [0.3, 0.4) is 0 Å². The summed E-state index contributed by atoms with van der Waals surface area (Å²) >= 11 is 0. The van der Waals surface area contributed by atoms with Crippen LogP contribution >= 0.6 is 0 Å². The molecule has 7 nitrogen and oxygen atoms in total. The minimum absolute atomic E-state index is 0.120. The van der Waals surface area contributed by atoms with Crippen molar-refractivity contribution in [3.63, 3.8) is 0 Å². The third kappa shape index (κ3) is 7.39. The second-order valence-corrected chi connectivity index (χ2v) is 8.82. The lowest BCUT2D eigenvalue weighted by atomic mass is 10.0. The van der Waals surface area contributed by atoms with Gasteiger partial charge in [-0.05, 0) is 63.1 Å². The molecule has 0 unspecified atom stereocenters. The average Bonchev–Trinajstić information content (AvgIpc) is 3.29. The standard InChI is InChI=1S/C28H36N2O5/c1-4-34-26(31)19-30(24-17-22-13-9-10-14-23(22)18-24)27(32)20(3)29-25(28(33)35-5-2)16-15-21-11-7-6-8-12-21/h6-14,20,24-25,29H,4-5,15-19H2,1-3H3/t20-,25-/m0/s1. The van der Waals surface area contributed by atoms with Crippen molar-refractivity contribution in [2.75, 3.05) is 19.8 Å². The maximum Gasteiger partial charge on any atom is 0.325 e. The molecular weight excluding hydrogens is 444 g/mol. The molecule has 188 valence electrons. The zero-order chi connectivity index (χ0) is 25.2. The van der Waals surface area contributed by atoms with Crippen molar-refractivity contribution in [3.05, 3.63) is 71.3 Å². The number of ether oxygens (including phenoxy) is 2. The van der Waals surface area contributed by atoms with E-state index in [4.69, 9.17) is 9.47 Å². The third-order valence-electron chi connectivity index (χ3n) is 6.32. The van der Waals surface area contributed by atoms with Crippen molar-refractivity contribution < 1.29 is 23.9 Å². The average molecular weight is 481 g/mol. The highest BCUT2D eigenvalue weighted by atomic mass is 16.5. The van der Waals surface area contributed by atoms with Crippen LogP contribution in [0.15, 0.2) is 54.6 Å². The number of aryl methyl sites for hydroxylation is 1. The number of nitrogens with zero attached hydrogens (tertiary/aromatic N) is 1. The Bertz CT molecular complexity index is 969. The lowest BCUT2D eigenvalue weighted by molar-refractivity contribution is -0.152. The monoisotopic (exact) mass is 480 g/mol. The summed E-state index contributed by atoms with van der Waals surface area (Å²) in [4.78, 5) is 40.3. The van der Waals surface area contributed by atoms with Gasteiger partial charge < -0.3 is 14.4 Å². The fourth-order valence-corrected chi connectivity index (χ4v) is 4.58. The fraction of sp³-hybridized carbons (Fsp3) is 0.464. The Balaban J connectivity index is 1.72. The van der Waals surface area contributed by atoms with Crippen LogP contribution in [-0.4, -0.2) is 60.6 Å². The number of benzene rings is 2. The number of rotatable bonds is 12. The molecule has 0 saturated carbocycles. The molecule has 1 amide bonds. The summed E-state index contributed by atoms with van der Waals surface area (Å²) in [5, 5.41) is 3.18. The molecule has 0 radical (unpaired) electrons. The van der Waals surface area contributed by atoms with Gasteiger partial charge in [-0.2, -0.15) is 0 Å². The molecule has 35 heavy (non-hydrogen) atoms. The van der Waals surface area contributed by atoms with Crippen LogP contribution in [0.25, 0.3) is 0 Å². The Morgan fingerprint density at radius 1 is 0.943 bits per heavy atom. The van der Waals surface area contributed by atoms with Gasteiger partial charge in [0, 0.05) is 6.04 Å². The highest BCUT2D eigenvalue weighted by Gasteiger charge is 2.35. The van der Waals surface area contributed by atoms with Gasteiger partial charge in [0.2, 0.25) is 5.91 Å². The van der Waals surface area contributed by atoms with Gasteiger partial charge in [0.15, 0.2) is 0 Å². The van der Waals surface area contributed by atoms with Crippen LogP contribution < -0.4 is 5.32 Å². The summed E-state index contributed by atoms with van der Waals surface area (Å²) < 4.78 is 10.4. The van der Waals surface area contributed by atoms with Gasteiger partial charge in [0.25, 0.3) is 0 Å². The Kier molecular flexibility index (Phi) is 9.85. The first-order valence-corrected chi connectivity index (χ1v) is 12.4. The van der Waals surface area contributed by atoms with E-state index in [2.05, 4.69) is 17.4 Å².